The first-order valence-corrected chi connectivity index (χ1v) is 7.15. The zero-order valence-corrected chi connectivity index (χ0v) is 10.8. The second-order valence-electron chi connectivity index (χ2n) is 4.43. The summed E-state index contributed by atoms with van der Waals surface area (Å²) in [6.07, 6.45) is 5.72. The van der Waals surface area contributed by atoms with E-state index in [1.54, 1.807) is 11.8 Å². The Morgan fingerprint density at radius 1 is 1.50 bits per heavy atom. The van der Waals surface area contributed by atoms with Gasteiger partial charge in [-0.25, -0.2) is 0 Å². The molecular weight excluding hydrogens is 244 g/mol. The van der Waals surface area contributed by atoms with E-state index in [4.69, 9.17) is 5.26 Å². The van der Waals surface area contributed by atoms with Crippen molar-refractivity contribution in [2.75, 3.05) is 11.6 Å². The Morgan fingerprint density at radius 2 is 2.33 bits per heavy atom. The molecule has 2 aliphatic rings. The van der Waals surface area contributed by atoms with Crippen LogP contribution in [0, 0.1) is 11.3 Å². The number of nitrogens with one attached hydrogen (secondary N) is 1. The minimum Gasteiger partial charge on any atom is -0.325 e. The molecule has 1 heterocycles. The van der Waals surface area contributed by atoms with Crippen LogP contribution in [0.15, 0.2) is 18.2 Å². The highest BCUT2D eigenvalue weighted by Gasteiger charge is 2.33. The van der Waals surface area contributed by atoms with E-state index in [1.165, 1.54) is 5.56 Å². The molecule has 90 valence electrons. The van der Waals surface area contributed by atoms with E-state index in [0.717, 1.165) is 35.2 Å². The largest absolute Gasteiger partial charge is 0.325 e. The third-order valence-corrected chi connectivity index (χ3v) is 4.43. The molecule has 0 bridgehead atoms. The van der Waals surface area contributed by atoms with Crippen molar-refractivity contribution in [2.24, 2.45) is 0 Å². The van der Waals surface area contributed by atoms with Gasteiger partial charge in [-0.05, 0) is 36.3 Å². The number of amides is 1. The predicted molar refractivity (Wildman–Crippen MR) is 73.2 cm³/mol. The zero-order chi connectivity index (χ0) is 12.7. The first-order valence-electron chi connectivity index (χ1n) is 5.86. The average Bonchev–Trinajstić information content (AvgIpc) is 2.73. The topological polar surface area (TPSA) is 52.9 Å². The second kappa shape index (κ2) is 4.18. The Bertz CT molecular complexity index is 613. The fourth-order valence-electron chi connectivity index (χ4n) is 2.73. The number of hydrogen-bond donors (Lipinski definition) is 1. The second-order valence-corrected chi connectivity index (χ2v) is 5.37. The molecule has 0 aromatic heterocycles. The van der Waals surface area contributed by atoms with Crippen LogP contribution in [0.4, 0.5) is 5.69 Å². The van der Waals surface area contributed by atoms with Crippen LogP contribution in [0.2, 0.25) is 0 Å². The van der Waals surface area contributed by atoms with Crippen molar-refractivity contribution in [3.63, 3.8) is 0 Å². The van der Waals surface area contributed by atoms with Gasteiger partial charge in [0.2, 0.25) is 5.91 Å². The number of carbonyl (C=O) groups is 1. The molecule has 1 amide bonds. The first kappa shape index (κ1) is 11.4. The van der Waals surface area contributed by atoms with Crippen molar-refractivity contribution in [3.8, 4) is 6.07 Å². The number of nitrogens with zero attached hydrogens (tertiary/aromatic N) is 1. The van der Waals surface area contributed by atoms with Crippen LogP contribution in [0.3, 0.4) is 0 Å². The van der Waals surface area contributed by atoms with Gasteiger partial charge >= 0.3 is 0 Å². The van der Waals surface area contributed by atoms with Crippen LogP contribution in [-0.4, -0.2) is 12.2 Å². The summed E-state index contributed by atoms with van der Waals surface area (Å²) in [6, 6.07) is 6.11. The number of nitriles is 1. The standard InChI is InChI=1S/C14H12N2OS/c1-18-13-12-10-4-2-3-8(7-15)9(10)5-6-11(12)16-14(13)17/h3,5-6,13H,2,4H2,1H3,(H,16,17). The van der Waals surface area contributed by atoms with Crippen LogP contribution < -0.4 is 5.32 Å². The molecule has 3 nitrogen and oxygen atoms in total. The van der Waals surface area contributed by atoms with Crippen molar-refractivity contribution >= 4 is 28.9 Å². The summed E-state index contributed by atoms with van der Waals surface area (Å²) in [5.41, 5.74) is 4.91. The Morgan fingerprint density at radius 3 is 3.06 bits per heavy atom. The van der Waals surface area contributed by atoms with Crippen LogP contribution in [0.25, 0.3) is 5.57 Å². The molecular formula is C14H12N2OS. The Hall–Kier alpha value is -1.73. The van der Waals surface area contributed by atoms with Crippen molar-refractivity contribution in [1.29, 1.82) is 5.26 Å². The van der Waals surface area contributed by atoms with E-state index in [0.29, 0.717) is 0 Å². The van der Waals surface area contributed by atoms with Gasteiger partial charge in [-0.3, -0.25) is 4.79 Å². The minimum atomic E-state index is -0.131. The number of anilines is 1. The predicted octanol–water partition coefficient (Wildman–Crippen LogP) is 2.90. The highest BCUT2D eigenvalue weighted by Crippen LogP contribution is 2.44. The number of benzene rings is 1. The maximum absolute atomic E-state index is 11.9. The molecule has 0 saturated carbocycles. The number of thioether (sulfide) groups is 1. The summed E-state index contributed by atoms with van der Waals surface area (Å²) in [6.45, 7) is 0. The summed E-state index contributed by atoms with van der Waals surface area (Å²) in [7, 11) is 0. The summed E-state index contributed by atoms with van der Waals surface area (Å²) in [5.74, 6) is 0.0546. The summed E-state index contributed by atoms with van der Waals surface area (Å²) in [5, 5.41) is 11.9. The van der Waals surface area contributed by atoms with Gasteiger partial charge in [0.05, 0.1) is 11.6 Å². The highest BCUT2D eigenvalue weighted by molar-refractivity contribution is 7.99. The van der Waals surface area contributed by atoms with Crippen molar-refractivity contribution in [1.82, 2.24) is 0 Å². The molecule has 0 fully saturated rings. The molecule has 0 radical (unpaired) electrons. The van der Waals surface area contributed by atoms with E-state index < -0.39 is 0 Å². The summed E-state index contributed by atoms with van der Waals surface area (Å²) in [4.78, 5) is 11.9. The van der Waals surface area contributed by atoms with Gasteiger partial charge in [-0.15, -0.1) is 11.8 Å². The molecule has 0 spiro atoms. The molecule has 18 heavy (non-hydrogen) atoms. The number of carbonyl (C=O) groups excluding carboxylic acids is 1. The molecule has 0 saturated heterocycles. The lowest BCUT2D eigenvalue weighted by molar-refractivity contribution is -0.115. The Labute approximate surface area is 110 Å². The van der Waals surface area contributed by atoms with Crippen LogP contribution in [0.5, 0.6) is 0 Å². The lowest BCUT2D eigenvalue weighted by Crippen LogP contribution is -2.09. The zero-order valence-electron chi connectivity index (χ0n) is 9.99. The van der Waals surface area contributed by atoms with Crippen molar-refractivity contribution in [3.05, 3.63) is 34.9 Å². The first-order chi connectivity index (χ1) is 8.76. The molecule has 1 aromatic carbocycles. The van der Waals surface area contributed by atoms with Crippen molar-refractivity contribution < 1.29 is 4.79 Å². The van der Waals surface area contributed by atoms with Gasteiger partial charge < -0.3 is 5.32 Å². The van der Waals surface area contributed by atoms with E-state index in [1.807, 2.05) is 24.5 Å². The van der Waals surface area contributed by atoms with E-state index in [2.05, 4.69) is 11.4 Å². The number of allylic oxidation sites excluding steroid dienone is 2. The Balaban J connectivity index is 2.22. The minimum absolute atomic E-state index is 0.0546. The van der Waals surface area contributed by atoms with Gasteiger partial charge in [-0.1, -0.05) is 12.1 Å². The van der Waals surface area contributed by atoms with Gasteiger partial charge in [0, 0.05) is 11.3 Å². The van der Waals surface area contributed by atoms with Gasteiger partial charge in [0.1, 0.15) is 5.25 Å². The molecule has 1 aliphatic heterocycles. The normalized spacial score (nSPS) is 20.6. The van der Waals surface area contributed by atoms with Crippen LogP contribution >= 0.6 is 11.8 Å². The molecule has 1 N–H and O–H groups in total. The average molecular weight is 256 g/mol. The molecule has 1 atom stereocenters. The van der Waals surface area contributed by atoms with Crippen LogP contribution in [0.1, 0.15) is 28.4 Å². The molecule has 1 aromatic rings. The maximum atomic E-state index is 11.9. The Kier molecular flexibility index (Phi) is 2.64. The third kappa shape index (κ3) is 1.48. The lowest BCUT2D eigenvalue weighted by Gasteiger charge is -2.18. The van der Waals surface area contributed by atoms with Gasteiger partial charge in [0.15, 0.2) is 0 Å². The number of fused-ring (bicyclic) bond motifs is 3. The van der Waals surface area contributed by atoms with Gasteiger partial charge in [0.25, 0.3) is 0 Å². The van der Waals surface area contributed by atoms with Crippen molar-refractivity contribution in [2.45, 2.75) is 18.1 Å². The molecule has 3 rings (SSSR count). The molecule has 4 heteroatoms. The fourth-order valence-corrected chi connectivity index (χ4v) is 3.50. The summed E-state index contributed by atoms with van der Waals surface area (Å²) >= 11 is 1.55. The third-order valence-electron chi connectivity index (χ3n) is 3.50. The quantitative estimate of drug-likeness (QED) is 0.840. The molecule has 1 unspecified atom stereocenters. The van der Waals surface area contributed by atoms with E-state index in [9.17, 15) is 4.79 Å². The fraction of sp³-hybridized carbons (Fsp3) is 0.286. The molecule has 1 aliphatic carbocycles. The smallest absolute Gasteiger partial charge is 0.242 e. The number of hydrogen-bond acceptors (Lipinski definition) is 3. The van der Waals surface area contributed by atoms with E-state index >= 15 is 0 Å². The highest BCUT2D eigenvalue weighted by atomic mass is 32.2. The summed E-state index contributed by atoms with van der Waals surface area (Å²) < 4.78 is 0. The van der Waals surface area contributed by atoms with Gasteiger partial charge in [-0.2, -0.15) is 5.26 Å². The SMILES string of the molecule is CSC1C(=O)Nc2ccc3c(c21)CCC=C3C#N. The van der Waals surface area contributed by atoms with Crippen LogP contribution in [-0.2, 0) is 11.2 Å². The van der Waals surface area contributed by atoms with E-state index in [-0.39, 0.29) is 11.2 Å². The lowest BCUT2D eigenvalue weighted by atomic mass is 9.87. The maximum Gasteiger partial charge on any atom is 0.242 e. The monoisotopic (exact) mass is 256 g/mol. The number of rotatable bonds is 1.